The van der Waals surface area contributed by atoms with E-state index >= 15 is 0 Å². The van der Waals surface area contributed by atoms with Crippen molar-refractivity contribution in [1.29, 1.82) is 0 Å². The Labute approximate surface area is 83.5 Å². The van der Waals surface area contributed by atoms with Crippen LogP contribution in [0.25, 0.3) is 0 Å². The van der Waals surface area contributed by atoms with Gasteiger partial charge in [-0.25, -0.2) is 0 Å². The van der Waals surface area contributed by atoms with E-state index in [1.165, 1.54) is 5.56 Å². The fraction of sp³-hybridized carbons (Fsp3) is 0.400. The van der Waals surface area contributed by atoms with E-state index in [4.69, 9.17) is 10.5 Å². The Kier molecular flexibility index (Phi) is 4.12. The van der Waals surface area contributed by atoms with Crippen molar-refractivity contribution in [1.82, 2.24) is 0 Å². The lowest BCUT2D eigenvalue weighted by atomic mass is 10.1. The molecule has 2 N–H and O–H groups in total. The van der Waals surface area contributed by atoms with Crippen molar-refractivity contribution in [3.05, 3.63) is 29.8 Å². The first kappa shape index (κ1) is 10.4. The molecule has 1 aromatic rings. The molecular formula is C10H15NOS. The van der Waals surface area contributed by atoms with Gasteiger partial charge < -0.3 is 10.5 Å². The van der Waals surface area contributed by atoms with Crippen LogP contribution in [-0.2, 0) is 0 Å². The molecule has 0 spiro atoms. The van der Waals surface area contributed by atoms with Crippen LogP contribution >= 0.6 is 11.8 Å². The van der Waals surface area contributed by atoms with Crippen LogP contribution in [0.5, 0.6) is 5.75 Å². The summed E-state index contributed by atoms with van der Waals surface area (Å²) in [5.41, 5.74) is 6.89. The molecule has 13 heavy (non-hydrogen) atoms. The number of thioether (sulfide) groups is 1. The molecule has 0 aromatic heterocycles. The molecule has 0 saturated carbocycles. The molecule has 0 radical (unpaired) electrons. The fourth-order valence-corrected chi connectivity index (χ4v) is 1.81. The Balaban J connectivity index is 2.78. The van der Waals surface area contributed by atoms with Gasteiger partial charge in [-0.2, -0.15) is 11.8 Å². The molecule has 0 bridgehead atoms. The summed E-state index contributed by atoms with van der Waals surface area (Å²) in [5, 5.41) is 0.394. The minimum Gasteiger partial charge on any atom is -0.497 e. The van der Waals surface area contributed by atoms with Gasteiger partial charge in [-0.15, -0.1) is 0 Å². The summed E-state index contributed by atoms with van der Waals surface area (Å²) < 4.78 is 5.08. The zero-order valence-electron chi connectivity index (χ0n) is 7.99. The normalized spacial score (nSPS) is 12.5. The molecular weight excluding hydrogens is 182 g/mol. The van der Waals surface area contributed by atoms with Gasteiger partial charge in [0.15, 0.2) is 0 Å². The zero-order valence-corrected chi connectivity index (χ0v) is 8.80. The van der Waals surface area contributed by atoms with E-state index in [1.54, 1.807) is 18.9 Å². The maximum absolute atomic E-state index is 5.63. The minimum atomic E-state index is 0.394. The number of ether oxygens (including phenoxy) is 1. The zero-order chi connectivity index (χ0) is 9.68. The predicted molar refractivity (Wildman–Crippen MR) is 58.3 cm³/mol. The van der Waals surface area contributed by atoms with Crippen LogP contribution in [0.3, 0.4) is 0 Å². The largest absolute Gasteiger partial charge is 0.497 e. The first-order valence-electron chi connectivity index (χ1n) is 4.18. The van der Waals surface area contributed by atoms with Gasteiger partial charge in [-0.05, 0) is 24.0 Å². The fourth-order valence-electron chi connectivity index (χ4n) is 1.19. The molecule has 0 amide bonds. The lowest BCUT2D eigenvalue weighted by molar-refractivity contribution is 0.414. The molecule has 72 valence electrons. The van der Waals surface area contributed by atoms with Crippen molar-refractivity contribution in [3.8, 4) is 5.75 Å². The number of rotatable bonds is 4. The Hall–Kier alpha value is -0.670. The predicted octanol–water partition coefficient (Wildman–Crippen LogP) is 2.06. The van der Waals surface area contributed by atoms with Gasteiger partial charge in [0.05, 0.1) is 7.11 Å². The van der Waals surface area contributed by atoms with Crippen molar-refractivity contribution in [2.24, 2.45) is 5.73 Å². The van der Waals surface area contributed by atoms with Gasteiger partial charge in [0, 0.05) is 11.8 Å². The van der Waals surface area contributed by atoms with E-state index < -0.39 is 0 Å². The first-order valence-corrected chi connectivity index (χ1v) is 5.47. The third-order valence-electron chi connectivity index (χ3n) is 1.99. The third kappa shape index (κ3) is 2.64. The van der Waals surface area contributed by atoms with Crippen LogP contribution in [0.4, 0.5) is 0 Å². The molecule has 0 aliphatic heterocycles. The van der Waals surface area contributed by atoms with Crippen LogP contribution in [0, 0.1) is 0 Å². The summed E-state index contributed by atoms with van der Waals surface area (Å²) >= 11 is 1.77. The lowest BCUT2D eigenvalue weighted by Crippen LogP contribution is -2.08. The van der Waals surface area contributed by atoms with Gasteiger partial charge in [0.1, 0.15) is 5.75 Å². The van der Waals surface area contributed by atoms with Gasteiger partial charge in [0.25, 0.3) is 0 Å². The molecule has 1 aromatic carbocycles. The summed E-state index contributed by atoms with van der Waals surface area (Å²) in [4.78, 5) is 0. The van der Waals surface area contributed by atoms with Gasteiger partial charge >= 0.3 is 0 Å². The topological polar surface area (TPSA) is 35.2 Å². The molecule has 1 rings (SSSR count). The molecule has 3 heteroatoms. The Morgan fingerprint density at radius 3 is 2.38 bits per heavy atom. The number of methoxy groups -OCH3 is 1. The van der Waals surface area contributed by atoms with E-state index in [2.05, 4.69) is 18.4 Å². The second-order valence-corrected chi connectivity index (χ2v) is 3.77. The highest BCUT2D eigenvalue weighted by molar-refractivity contribution is 7.98. The monoisotopic (exact) mass is 197 g/mol. The van der Waals surface area contributed by atoms with E-state index in [1.807, 2.05) is 12.1 Å². The van der Waals surface area contributed by atoms with Crippen LogP contribution < -0.4 is 10.5 Å². The summed E-state index contributed by atoms with van der Waals surface area (Å²) in [5.74, 6) is 0.889. The smallest absolute Gasteiger partial charge is 0.118 e. The summed E-state index contributed by atoms with van der Waals surface area (Å²) in [6.07, 6.45) is 2.07. The third-order valence-corrected chi connectivity index (χ3v) is 3.02. The maximum Gasteiger partial charge on any atom is 0.118 e. The summed E-state index contributed by atoms with van der Waals surface area (Å²) in [6.45, 7) is 0.674. The van der Waals surface area contributed by atoms with Gasteiger partial charge in [0.2, 0.25) is 0 Å². The van der Waals surface area contributed by atoms with E-state index in [0.29, 0.717) is 11.8 Å². The average molecular weight is 197 g/mol. The SMILES string of the molecule is COc1ccc(C(CN)SC)cc1. The van der Waals surface area contributed by atoms with Crippen LogP contribution in [0.15, 0.2) is 24.3 Å². The highest BCUT2D eigenvalue weighted by atomic mass is 32.2. The molecule has 0 aliphatic carbocycles. The van der Waals surface area contributed by atoms with E-state index in [0.717, 1.165) is 5.75 Å². The number of nitrogens with two attached hydrogens (primary N) is 1. The summed E-state index contributed by atoms with van der Waals surface area (Å²) in [6, 6.07) is 8.06. The number of hydrogen-bond acceptors (Lipinski definition) is 3. The number of hydrogen-bond donors (Lipinski definition) is 1. The van der Waals surface area contributed by atoms with Crippen molar-refractivity contribution in [3.63, 3.8) is 0 Å². The van der Waals surface area contributed by atoms with Crippen molar-refractivity contribution in [2.45, 2.75) is 5.25 Å². The van der Waals surface area contributed by atoms with Crippen molar-refractivity contribution in [2.75, 3.05) is 19.9 Å². The first-order chi connectivity index (χ1) is 6.31. The maximum atomic E-state index is 5.63. The molecule has 1 atom stereocenters. The molecule has 0 heterocycles. The quantitative estimate of drug-likeness (QED) is 0.802. The van der Waals surface area contributed by atoms with Crippen LogP contribution in [0.1, 0.15) is 10.8 Å². The Morgan fingerprint density at radius 2 is 2.00 bits per heavy atom. The van der Waals surface area contributed by atoms with E-state index in [-0.39, 0.29) is 0 Å². The lowest BCUT2D eigenvalue weighted by Gasteiger charge is -2.12. The highest BCUT2D eigenvalue weighted by Crippen LogP contribution is 2.26. The molecule has 0 fully saturated rings. The standard InChI is InChI=1S/C10H15NOS/c1-12-9-5-3-8(4-6-9)10(7-11)13-2/h3-6,10H,7,11H2,1-2H3. The van der Waals surface area contributed by atoms with E-state index in [9.17, 15) is 0 Å². The van der Waals surface area contributed by atoms with Gasteiger partial charge in [-0.3, -0.25) is 0 Å². The highest BCUT2D eigenvalue weighted by Gasteiger charge is 2.06. The Morgan fingerprint density at radius 1 is 1.38 bits per heavy atom. The molecule has 2 nitrogen and oxygen atoms in total. The molecule has 1 unspecified atom stereocenters. The average Bonchev–Trinajstić information content (AvgIpc) is 2.21. The molecule has 0 aliphatic rings. The van der Waals surface area contributed by atoms with Crippen LogP contribution in [-0.4, -0.2) is 19.9 Å². The second-order valence-electron chi connectivity index (χ2n) is 2.73. The summed E-state index contributed by atoms with van der Waals surface area (Å²) in [7, 11) is 1.67. The number of benzene rings is 1. The second kappa shape index (κ2) is 5.14. The van der Waals surface area contributed by atoms with Crippen molar-refractivity contribution >= 4 is 11.8 Å². The van der Waals surface area contributed by atoms with Crippen LogP contribution in [0.2, 0.25) is 0 Å². The molecule has 0 saturated heterocycles. The Bertz CT molecular complexity index is 244. The van der Waals surface area contributed by atoms with Gasteiger partial charge in [-0.1, -0.05) is 12.1 Å². The van der Waals surface area contributed by atoms with Crippen molar-refractivity contribution < 1.29 is 4.74 Å². The minimum absolute atomic E-state index is 0.394.